The number of carbonyl (C=O) groups is 1. The van der Waals surface area contributed by atoms with Crippen LogP contribution in [0.2, 0.25) is 0 Å². The zero-order chi connectivity index (χ0) is 16.2. The second kappa shape index (κ2) is 5.20. The number of aromatic nitrogens is 2. The average Bonchev–Trinajstić information content (AvgIpc) is 2.87. The van der Waals surface area contributed by atoms with Crippen molar-refractivity contribution in [3.63, 3.8) is 0 Å². The lowest BCUT2D eigenvalue weighted by Crippen LogP contribution is -2.31. The highest BCUT2D eigenvalue weighted by Gasteiger charge is 2.50. The first kappa shape index (κ1) is 14.9. The lowest BCUT2D eigenvalue weighted by molar-refractivity contribution is -0.132. The third-order valence-corrected chi connectivity index (χ3v) is 6.16. The van der Waals surface area contributed by atoms with Gasteiger partial charge in [-0.25, -0.2) is 0 Å². The lowest BCUT2D eigenvalue weighted by Gasteiger charge is -2.24. The van der Waals surface area contributed by atoms with Gasteiger partial charge in [0.1, 0.15) is 0 Å². The summed E-state index contributed by atoms with van der Waals surface area (Å²) >= 11 is 1.72. The second-order valence-corrected chi connectivity index (χ2v) is 8.49. The van der Waals surface area contributed by atoms with Gasteiger partial charge < -0.3 is 4.90 Å². The number of amides is 1. The van der Waals surface area contributed by atoms with Crippen LogP contribution in [0, 0.1) is 11.3 Å². The molecule has 122 valence electrons. The first-order valence-electron chi connectivity index (χ1n) is 8.25. The summed E-state index contributed by atoms with van der Waals surface area (Å²) in [4.78, 5) is 15.0. The van der Waals surface area contributed by atoms with Crippen LogP contribution in [-0.2, 0) is 11.8 Å². The van der Waals surface area contributed by atoms with Crippen LogP contribution in [-0.4, -0.2) is 33.7 Å². The van der Waals surface area contributed by atoms with Gasteiger partial charge in [-0.1, -0.05) is 13.8 Å². The maximum Gasteiger partial charge on any atom is 0.226 e. The van der Waals surface area contributed by atoms with Crippen molar-refractivity contribution in [3.8, 4) is 0 Å². The molecule has 1 unspecified atom stereocenters. The zero-order valence-electron chi connectivity index (χ0n) is 13.9. The van der Waals surface area contributed by atoms with Crippen molar-refractivity contribution in [3.05, 3.63) is 40.3 Å². The molecule has 2 fully saturated rings. The first-order chi connectivity index (χ1) is 11.0. The Morgan fingerprint density at radius 3 is 2.87 bits per heavy atom. The van der Waals surface area contributed by atoms with Crippen molar-refractivity contribution >= 4 is 17.2 Å². The summed E-state index contributed by atoms with van der Waals surface area (Å²) in [5.74, 6) is 1.38. The highest BCUT2D eigenvalue weighted by molar-refractivity contribution is 7.08. The first-order valence-corrected chi connectivity index (χ1v) is 9.19. The standard InChI is InChI=1S/C18H23N3OS/c1-18(2)11-21(9-16(18)13-7-19-20(3)8-13)17(22)15-6-14(15)12-4-5-23-10-12/h4-5,7-8,10,14-16H,6,9,11H2,1-3H3/t14-,15+,16?/m0/s1. The van der Waals surface area contributed by atoms with Crippen LogP contribution in [0.4, 0.5) is 0 Å². The summed E-state index contributed by atoms with van der Waals surface area (Å²) in [6.07, 6.45) is 5.06. The minimum Gasteiger partial charge on any atom is -0.341 e. The molecule has 23 heavy (non-hydrogen) atoms. The molecule has 4 nitrogen and oxygen atoms in total. The van der Waals surface area contributed by atoms with E-state index >= 15 is 0 Å². The topological polar surface area (TPSA) is 38.1 Å². The molecule has 0 aromatic carbocycles. The molecule has 5 heteroatoms. The molecule has 2 aromatic rings. The number of likely N-dealkylation sites (tertiary alicyclic amines) is 1. The van der Waals surface area contributed by atoms with Crippen LogP contribution in [0.25, 0.3) is 0 Å². The van der Waals surface area contributed by atoms with E-state index in [4.69, 9.17) is 0 Å². The van der Waals surface area contributed by atoms with E-state index in [2.05, 4.69) is 46.9 Å². The quantitative estimate of drug-likeness (QED) is 0.867. The fourth-order valence-corrected chi connectivity index (χ4v) is 4.76. The predicted octanol–water partition coefficient (Wildman–Crippen LogP) is 3.24. The minimum atomic E-state index is 0.103. The highest BCUT2D eigenvalue weighted by atomic mass is 32.1. The van der Waals surface area contributed by atoms with E-state index in [0.717, 1.165) is 19.5 Å². The molecule has 1 saturated carbocycles. The van der Waals surface area contributed by atoms with E-state index in [1.54, 1.807) is 11.3 Å². The monoisotopic (exact) mass is 329 g/mol. The number of carbonyl (C=O) groups excluding carboxylic acids is 1. The van der Waals surface area contributed by atoms with Gasteiger partial charge in [0.2, 0.25) is 5.91 Å². The molecule has 0 radical (unpaired) electrons. The maximum absolute atomic E-state index is 12.9. The fourth-order valence-electron chi connectivity index (χ4n) is 4.04. The Kier molecular flexibility index (Phi) is 3.38. The Morgan fingerprint density at radius 1 is 1.39 bits per heavy atom. The summed E-state index contributed by atoms with van der Waals surface area (Å²) < 4.78 is 1.85. The molecule has 1 aliphatic carbocycles. The Bertz CT molecular complexity index is 718. The van der Waals surface area contributed by atoms with Crippen LogP contribution in [0.15, 0.2) is 29.2 Å². The van der Waals surface area contributed by atoms with Crippen LogP contribution in [0.3, 0.4) is 0 Å². The normalized spacial score (nSPS) is 29.0. The van der Waals surface area contributed by atoms with Gasteiger partial charge in [-0.15, -0.1) is 0 Å². The third-order valence-electron chi connectivity index (χ3n) is 5.46. The minimum absolute atomic E-state index is 0.103. The molecule has 3 atom stereocenters. The van der Waals surface area contributed by atoms with Crippen molar-refractivity contribution in [2.24, 2.45) is 18.4 Å². The number of aryl methyl sites for hydroxylation is 1. The van der Waals surface area contributed by atoms with Gasteiger partial charge in [0, 0.05) is 38.2 Å². The van der Waals surface area contributed by atoms with E-state index < -0.39 is 0 Å². The van der Waals surface area contributed by atoms with E-state index in [1.807, 2.05) is 17.9 Å². The molecule has 1 amide bonds. The highest BCUT2D eigenvalue weighted by Crippen LogP contribution is 2.51. The number of hydrogen-bond acceptors (Lipinski definition) is 3. The van der Waals surface area contributed by atoms with Crippen LogP contribution < -0.4 is 0 Å². The smallest absolute Gasteiger partial charge is 0.226 e. The number of hydrogen-bond donors (Lipinski definition) is 0. The van der Waals surface area contributed by atoms with Gasteiger partial charge in [-0.2, -0.15) is 16.4 Å². The van der Waals surface area contributed by atoms with Crippen LogP contribution in [0.1, 0.15) is 43.2 Å². The SMILES string of the molecule is Cn1cc(C2CN(C(=O)[C@@H]3C[C@H]3c3ccsc3)CC2(C)C)cn1. The van der Waals surface area contributed by atoms with Crippen molar-refractivity contribution in [2.75, 3.05) is 13.1 Å². The van der Waals surface area contributed by atoms with Crippen molar-refractivity contribution in [2.45, 2.75) is 32.1 Å². The van der Waals surface area contributed by atoms with E-state index in [0.29, 0.717) is 17.7 Å². The zero-order valence-corrected chi connectivity index (χ0v) is 14.7. The summed E-state index contributed by atoms with van der Waals surface area (Å²) in [7, 11) is 1.95. The largest absolute Gasteiger partial charge is 0.341 e. The Morgan fingerprint density at radius 2 is 2.22 bits per heavy atom. The van der Waals surface area contributed by atoms with Gasteiger partial charge in [0.25, 0.3) is 0 Å². The van der Waals surface area contributed by atoms with Crippen LogP contribution in [0.5, 0.6) is 0 Å². The summed E-state index contributed by atoms with van der Waals surface area (Å²) in [6, 6.07) is 2.16. The number of rotatable bonds is 3. The molecular formula is C18H23N3OS. The second-order valence-electron chi connectivity index (χ2n) is 7.71. The molecular weight excluding hydrogens is 306 g/mol. The van der Waals surface area contributed by atoms with Crippen molar-refractivity contribution in [1.82, 2.24) is 14.7 Å². The molecule has 3 heterocycles. The average molecular weight is 329 g/mol. The molecule has 0 spiro atoms. The molecule has 0 bridgehead atoms. The van der Waals surface area contributed by atoms with Gasteiger partial charge in [0.15, 0.2) is 0 Å². The Hall–Kier alpha value is -1.62. The van der Waals surface area contributed by atoms with E-state index in [1.165, 1.54) is 11.1 Å². The van der Waals surface area contributed by atoms with Crippen molar-refractivity contribution in [1.29, 1.82) is 0 Å². The fraction of sp³-hybridized carbons (Fsp3) is 0.556. The van der Waals surface area contributed by atoms with Gasteiger partial charge >= 0.3 is 0 Å². The predicted molar refractivity (Wildman–Crippen MR) is 91.5 cm³/mol. The third kappa shape index (κ3) is 2.61. The number of nitrogens with zero attached hydrogens (tertiary/aromatic N) is 3. The van der Waals surface area contributed by atoms with Gasteiger partial charge in [-0.05, 0) is 45.7 Å². The Balaban J connectivity index is 1.48. The van der Waals surface area contributed by atoms with E-state index in [9.17, 15) is 4.79 Å². The van der Waals surface area contributed by atoms with Gasteiger partial charge in [0.05, 0.1) is 6.20 Å². The molecule has 2 aromatic heterocycles. The van der Waals surface area contributed by atoms with E-state index in [-0.39, 0.29) is 11.3 Å². The summed E-state index contributed by atoms with van der Waals surface area (Å²) in [5.41, 5.74) is 2.69. The maximum atomic E-state index is 12.9. The van der Waals surface area contributed by atoms with Crippen molar-refractivity contribution < 1.29 is 4.79 Å². The molecule has 2 aliphatic rings. The van der Waals surface area contributed by atoms with Crippen LogP contribution >= 0.6 is 11.3 Å². The molecule has 1 saturated heterocycles. The van der Waals surface area contributed by atoms with Gasteiger partial charge in [-0.3, -0.25) is 9.48 Å². The molecule has 1 aliphatic heterocycles. The molecule has 4 rings (SSSR count). The summed E-state index contributed by atoms with van der Waals surface area (Å²) in [5, 5.41) is 8.59. The Labute approximate surface area is 141 Å². The lowest BCUT2D eigenvalue weighted by atomic mass is 9.79. The molecule has 0 N–H and O–H groups in total. The number of thiophene rings is 1. The summed E-state index contributed by atoms with van der Waals surface area (Å²) in [6.45, 7) is 6.20.